The molecule has 6 heteroatoms. The predicted molar refractivity (Wildman–Crippen MR) is 118 cm³/mol. The molecule has 0 unspecified atom stereocenters. The van der Waals surface area contributed by atoms with E-state index >= 15 is 0 Å². The van der Waals surface area contributed by atoms with Crippen LogP contribution < -0.4 is 15.4 Å². The van der Waals surface area contributed by atoms with Crippen molar-refractivity contribution in [1.29, 1.82) is 0 Å². The molecule has 2 N–H and O–H groups in total. The van der Waals surface area contributed by atoms with E-state index in [1.807, 2.05) is 56.3 Å². The zero-order chi connectivity index (χ0) is 22.1. The number of benzene rings is 2. The topological polar surface area (TPSA) is 84.5 Å². The van der Waals surface area contributed by atoms with Crippen molar-refractivity contribution in [2.45, 2.75) is 39.0 Å². The van der Waals surface area contributed by atoms with Gasteiger partial charge < -0.3 is 15.4 Å². The second-order valence-electron chi connectivity index (χ2n) is 8.36. The summed E-state index contributed by atoms with van der Waals surface area (Å²) in [5.74, 6) is -0.693. The summed E-state index contributed by atoms with van der Waals surface area (Å²) in [6, 6.07) is 13.4. The average molecular weight is 418 g/mol. The third-order valence-corrected chi connectivity index (χ3v) is 5.93. The highest BCUT2D eigenvalue weighted by atomic mass is 16.5. The third-order valence-electron chi connectivity index (χ3n) is 5.93. The second kappa shape index (κ2) is 8.38. The number of ether oxygens (including phenoxy) is 1. The maximum atomic E-state index is 13.1. The van der Waals surface area contributed by atoms with Crippen molar-refractivity contribution in [2.75, 3.05) is 12.4 Å². The lowest BCUT2D eigenvalue weighted by Gasteiger charge is -2.33. The minimum Gasteiger partial charge on any atom is -0.497 e. The summed E-state index contributed by atoms with van der Waals surface area (Å²) in [5, 5.41) is 5.76. The number of Topliss-reactive ketones (excluding diaryl/α,β-unsaturated/α-hetero) is 1. The van der Waals surface area contributed by atoms with Gasteiger partial charge in [-0.05, 0) is 67.1 Å². The van der Waals surface area contributed by atoms with Gasteiger partial charge in [0.2, 0.25) is 11.8 Å². The molecule has 0 aromatic heterocycles. The first-order valence-electron chi connectivity index (χ1n) is 10.4. The molecule has 2 aromatic rings. The number of anilines is 1. The highest BCUT2D eigenvalue weighted by molar-refractivity contribution is 6.09. The first-order valence-corrected chi connectivity index (χ1v) is 10.4. The molecular weight excluding hydrogens is 392 g/mol. The summed E-state index contributed by atoms with van der Waals surface area (Å²) in [7, 11) is 1.61. The van der Waals surface area contributed by atoms with Crippen LogP contribution >= 0.6 is 0 Å². The Balaban J connectivity index is 1.59. The zero-order valence-corrected chi connectivity index (χ0v) is 18.0. The Morgan fingerprint density at radius 3 is 2.32 bits per heavy atom. The lowest BCUT2D eigenvalue weighted by molar-refractivity contribution is -0.129. The fourth-order valence-corrected chi connectivity index (χ4v) is 4.57. The maximum absolute atomic E-state index is 13.1. The lowest BCUT2D eigenvalue weighted by atomic mass is 9.75. The number of amides is 2. The van der Waals surface area contributed by atoms with Gasteiger partial charge in [0.05, 0.1) is 13.0 Å². The number of allylic oxidation sites excluding steroid dienone is 1. The fourth-order valence-electron chi connectivity index (χ4n) is 4.57. The fraction of sp³-hybridized carbons (Fsp3) is 0.320. The van der Waals surface area contributed by atoms with Crippen molar-refractivity contribution in [2.24, 2.45) is 5.92 Å². The largest absolute Gasteiger partial charge is 0.497 e. The number of nitrogens with one attached hydrogen (secondary N) is 2. The number of aryl methyl sites for hydroxylation is 2. The van der Waals surface area contributed by atoms with Crippen molar-refractivity contribution < 1.29 is 19.1 Å². The van der Waals surface area contributed by atoms with E-state index in [2.05, 4.69) is 10.6 Å². The Morgan fingerprint density at radius 1 is 1.00 bits per heavy atom. The summed E-state index contributed by atoms with van der Waals surface area (Å²) in [4.78, 5) is 38.5. The summed E-state index contributed by atoms with van der Waals surface area (Å²) >= 11 is 0. The Labute approximate surface area is 181 Å². The normalized spacial score (nSPS) is 20.7. The van der Waals surface area contributed by atoms with E-state index in [1.165, 1.54) is 0 Å². The van der Waals surface area contributed by atoms with Crippen LogP contribution in [-0.4, -0.2) is 24.7 Å². The molecule has 2 aliphatic rings. The van der Waals surface area contributed by atoms with Crippen molar-refractivity contribution in [3.8, 4) is 5.75 Å². The third kappa shape index (κ3) is 4.38. The summed E-state index contributed by atoms with van der Waals surface area (Å²) in [6.45, 7) is 3.92. The van der Waals surface area contributed by atoms with Gasteiger partial charge in [-0.2, -0.15) is 0 Å². The van der Waals surface area contributed by atoms with Crippen LogP contribution in [0.1, 0.15) is 41.9 Å². The minimum absolute atomic E-state index is 0.0194. The molecule has 4 rings (SSSR count). The van der Waals surface area contributed by atoms with Gasteiger partial charge in [-0.25, -0.2) is 0 Å². The standard InChI is InChI=1S/C25H26N2O4/c1-14-8-15(2)10-18(9-14)26-25(30)20-13-23(29)27-21-11-17(12-22(28)24(20)21)16-4-6-19(31-3)7-5-16/h4-10,17,20H,11-13H2,1-3H3,(H,26,30)(H,27,29)/t17-,20-/m1/s1. The SMILES string of the molecule is COc1ccc([C@H]2CC(=O)C3=C(C2)NC(=O)C[C@H]3C(=O)Nc2cc(C)cc(C)c2)cc1. The molecule has 0 saturated heterocycles. The molecule has 0 fully saturated rings. The van der Waals surface area contributed by atoms with Crippen LogP contribution in [0.2, 0.25) is 0 Å². The van der Waals surface area contributed by atoms with Crippen LogP contribution in [0.5, 0.6) is 5.75 Å². The van der Waals surface area contributed by atoms with Crippen LogP contribution in [0, 0.1) is 19.8 Å². The van der Waals surface area contributed by atoms with E-state index in [0.717, 1.165) is 22.4 Å². The summed E-state index contributed by atoms with van der Waals surface area (Å²) in [6.07, 6.45) is 0.815. The van der Waals surface area contributed by atoms with Crippen LogP contribution in [0.25, 0.3) is 0 Å². The van der Waals surface area contributed by atoms with Crippen molar-refractivity contribution >= 4 is 23.3 Å². The molecule has 2 amide bonds. The minimum atomic E-state index is -0.770. The smallest absolute Gasteiger partial charge is 0.232 e. The van der Waals surface area contributed by atoms with Crippen LogP contribution in [0.15, 0.2) is 53.7 Å². The molecule has 0 saturated carbocycles. The van der Waals surface area contributed by atoms with Gasteiger partial charge in [-0.3, -0.25) is 14.4 Å². The van der Waals surface area contributed by atoms with Gasteiger partial charge in [-0.15, -0.1) is 0 Å². The summed E-state index contributed by atoms with van der Waals surface area (Å²) in [5.41, 5.74) is 4.78. The number of hydrogen-bond donors (Lipinski definition) is 2. The molecule has 6 nitrogen and oxygen atoms in total. The molecule has 2 atom stereocenters. The molecule has 0 spiro atoms. The van der Waals surface area contributed by atoms with Crippen molar-refractivity contribution in [3.63, 3.8) is 0 Å². The number of methoxy groups -OCH3 is 1. The molecule has 31 heavy (non-hydrogen) atoms. The van der Waals surface area contributed by atoms with Crippen molar-refractivity contribution in [1.82, 2.24) is 5.32 Å². The van der Waals surface area contributed by atoms with Crippen LogP contribution in [0.4, 0.5) is 5.69 Å². The van der Waals surface area contributed by atoms with E-state index in [9.17, 15) is 14.4 Å². The molecule has 1 heterocycles. The average Bonchev–Trinajstić information content (AvgIpc) is 2.72. The quantitative estimate of drug-likeness (QED) is 0.791. The molecule has 0 radical (unpaired) electrons. The molecule has 2 aromatic carbocycles. The van der Waals surface area contributed by atoms with E-state index in [-0.39, 0.29) is 29.9 Å². The Morgan fingerprint density at radius 2 is 1.68 bits per heavy atom. The molecule has 1 aliphatic carbocycles. The van der Waals surface area contributed by atoms with Crippen molar-refractivity contribution in [3.05, 3.63) is 70.4 Å². The first-order chi connectivity index (χ1) is 14.8. The molecule has 1 aliphatic heterocycles. The van der Waals surface area contributed by atoms with E-state index < -0.39 is 5.92 Å². The highest BCUT2D eigenvalue weighted by Gasteiger charge is 2.40. The Kier molecular flexibility index (Phi) is 5.63. The van der Waals surface area contributed by atoms with Gasteiger partial charge >= 0.3 is 0 Å². The zero-order valence-electron chi connectivity index (χ0n) is 18.0. The number of carbonyl (C=O) groups is 3. The van der Waals surface area contributed by atoms with Gasteiger partial charge in [-0.1, -0.05) is 18.2 Å². The molecule has 160 valence electrons. The maximum Gasteiger partial charge on any atom is 0.232 e. The first kappa shape index (κ1) is 20.8. The van der Waals surface area contributed by atoms with E-state index in [4.69, 9.17) is 4.74 Å². The molecule has 0 bridgehead atoms. The second-order valence-corrected chi connectivity index (χ2v) is 8.36. The molecular formula is C25H26N2O4. The number of ketones is 1. The van der Waals surface area contributed by atoms with Crippen LogP contribution in [-0.2, 0) is 14.4 Å². The predicted octanol–water partition coefficient (Wildman–Crippen LogP) is 3.79. The van der Waals surface area contributed by atoms with Gasteiger partial charge in [0.15, 0.2) is 5.78 Å². The Hall–Kier alpha value is -3.41. The Bertz CT molecular complexity index is 1060. The number of hydrogen-bond acceptors (Lipinski definition) is 4. The van der Waals surface area contributed by atoms with Gasteiger partial charge in [0, 0.05) is 29.8 Å². The summed E-state index contributed by atoms with van der Waals surface area (Å²) < 4.78 is 5.20. The van der Waals surface area contributed by atoms with E-state index in [0.29, 0.717) is 29.8 Å². The van der Waals surface area contributed by atoms with Gasteiger partial charge in [0.1, 0.15) is 5.75 Å². The number of carbonyl (C=O) groups excluding carboxylic acids is 3. The van der Waals surface area contributed by atoms with E-state index in [1.54, 1.807) is 7.11 Å². The van der Waals surface area contributed by atoms with Crippen LogP contribution in [0.3, 0.4) is 0 Å². The lowest BCUT2D eigenvalue weighted by Crippen LogP contribution is -2.43. The van der Waals surface area contributed by atoms with Gasteiger partial charge in [0.25, 0.3) is 0 Å². The number of rotatable bonds is 4. The monoisotopic (exact) mass is 418 g/mol. The highest BCUT2D eigenvalue weighted by Crippen LogP contribution is 2.39.